The summed E-state index contributed by atoms with van der Waals surface area (Å²) in [5.41, 5.74) is 1.42. The number of likely N-dealkylation sites (N-methyl/N-ethyl adjacent to an activating group) is 2. The molecule has 0 aliphatic carbocycles. The van der Waals surface area contributed by atoms with Gasteiger partial charge in [-0.05, 0) is 38.3 Å². The second-order valence-electron chi connectivity index (χ2n) is 8.23. The second kappa shape index (κ2) is 8.02. The number of piperidine rings is 1. The maximum atomic E-state index is 13.0. The Hall–Kier alpha value is -3.42. The van der Waals surface area contributed by atoms with E-state index in [4.69, 9.17) is 0 Å². The van der Waals surface area contributed by atoms with E-state index in [2.05, 4.69) is 6.92 Å². The molecule has 2 aliphatic heterocycles. The van der Waals surface area contributed by atoms with Crippen molar-refractivity contribution in [1.82, 2.24) is 19.3 Å². The van der Waals surface area contributed by atoms with Crippen molar-refractivity contribution in [1.29, 1.82) is 0 Å². The number of imide groups is 2. The first kappa shape index (κ1) is 20.8. The van der Waals surface area contributed by atoms with Crippen molar-refractivity contribution >= 4 is 40.7 Å². The number of likely N-dealkylation sites (tertiary alicyclic amines) is 1. The van der Waals surface area contributed by atoms with E-state index in [9.17, 15) is 19.2 Å². The molecule has 1 atom stereocenters. The number of barbiturate groups is 1. The average molecular weight is 422 g/mol. The van der Waals surface area contributed by atoms with E-state index in [-0.39, 0.29) is 24.1 Å². The number of carbonyl (C=O) groups is 4. The first-order valence-electron chi connectivity index (χ1n) is 10.5. The van der Waals surface area contributed by atoms with Gasteiger partial charge in [-0.1, -0.05) is 18.2 Å². The standard InChI is InChI=1S/C23H26N4O4/c1-15-8-6-7-11-27(15)20(28)14-26-13-16(17-9-4-5-10-19(17)26)12-18-21(29)24(2)23(31)25(3)22(18)30/h4-5,9-10,12-13,15H,6-8,11,14H2,1-3H3/t15-/m1/s1. The van der Waals surface area contributed by atoms with Crippen LogP contribution in [0.15, 0.2) is 36.0 Å². The summed E-state index contributed by atoms with van der Waals surface area (Å²) in [6.45, 7) is 3.04. The van der Waals surface area contributed by atoms with Crippen molar-refractivity contribution < 1.29 is 19.2 Å². The Morgan fingerprint density at radius 1 is 1.06 bits per heavy atom. The molecule has 8 nitrogen and oxygen atoms in total. The van der Waals surface area contributed by atoms with Gasteiger partial charge in [0, 0.05) is 49.3 Å². The summed E-state index contributed by atoms with van der Waals surface area (Å²) in [5, 5.41) is 0.831. The SMILES string of the molecule is C[C@@H]1CCCCN1C(=O)Cn1cc(C=C2C(=O)N(C)C(=O)N(C)C2=O)c2ccccc21. The minimum absolute atomic E-state index is 0.0574. The lowest BCUT2D eigenvalue weighted by Crippen LogP contribution is -2.52. The van der Waals surface area contributed by atoms with Crippen LogP contribution in [0.4, 0.5) is 4.79 Å². The Morgan fingerprint density at radius 3 is 2.42 bits per heavy atom. The summed E-state index contributed by atoms with van der Waals surface area (Å²) in [6.07, 6.45) is 6.48. The van der Waals surface area contributed by atoms with Crippen molar-refractivity contribution in [2.75, 3.05) is 20.6 Å². The molecule has 5 amide bonds. The predicted molar refractivity (Wildman–Crippen MR) is 116 cm³/mol. The van der Waals surface area contributed by atoms with Crippen LogP contribution in [0, 0.1) is 0 Å². The van der Waals surface area contributed by atoms with Gasteiger partial charge in [0.1, 0.15) is 12.1 Å². The number of hydrogen-bond donors (Lipinski definition) is 0. The molecule has 31 heavy (non-hydrogen) atoms. The van der Waals surface area contributed by atoms with Gasteiger partial charge in [-0.2, -0.15) is 0 Å². The van der Waals surface area contributed by atoms with E-state index in [0.29, 0.717) is 5.56 Å². The molecule has 2 fully saturated rings. The smallest absolute Gasteiger partial charge is 0.333 e. The highest BCUT2D eigenvalue weighted by Crippen LogP contribution is 2.26. The molecular weight excluding hydrogens is 396 g/mol. The normalized spacial score (nSPS) is 20.1. The summed E-state index contributed by atoms with van der Waals surface area (Å²) < 4.78 is 1.86. The number of aromatic nitrogens is 1. The number of carbonyl (C=O) groups excluding carboxylic acids is 4. The second-order valence-corrected chi connectivity index (χ2v) is 8.23. The van der Waals surface area contributed by atoms with E-state index >= 15 is 0 Å². The molecule has 8 heteroatoms. The number of fused-ring (bicyclic) bond motifs is 1. The number of amides is 5. The van der Waals surface area contributed by atoms with Crippen molar-refractivity contribution in [2.24, 2.45) is 0 Å². The van der Waals surface area contributed by atoms with Crippen molar-refractivity contribution in [3.63, 3.8) is 0 Å². The average Bonchev–Trinajstić information content (AvgIpc) is 3.11. The minimum atomic E-state index is -0.657. The summed E-state index contributed by atoms with van der Waals surface area (Å²) in [4.78, 5) is 53.9. The lowest BCUT2D eigenvalue weighted by Gasteiger charge is -2.33. The highest BCUT2D eigenvalue weighted by molar-refractivity contribution is 6.31. The molecule has 2 aromatic rings. The van der Waals surface area contributed by atoms with Crippen LogP contribution in [-0.2, 0) is 20.9 Å². The van der Waals surface area contributed by atoms with Crippen molar-refractivity contribution in [3.8, 4) is 0 Å². The van der Waals surface area contributed by atoms with Gasteiger partial charge in [-0.3, -0.25) is 24.2 Å². The molecule has 0 N–H and O–H groups in total. The largest absolute Gasteiger partial charge is 0.338 e. The molecular formula is C23H26N4O4. The van der Waals surface area contributed by atoms with Gasteiger partial charge in [0.15, 0.2) is 0 Å². The third-order valence-electron chi connectivity index (χ3n) is 6.19. The topological polar surface area (TPSA) is 82.9 Å². The lowest BCUT2D eigenvalue weighted by molar-refractivity contribution is -0.135. The fourth-order valence-corrected chi connectivity index (χ4v) is 4.36. The highest BCUT2D eigenvalue weighted by atomic mass is 16.2. The van der Waals surface area contributed by atoms with Crippen LogP contribution < -0.4 is 0 Å². The molecule has 0 unspecified atom stereocenters. The zero-order valence-corrected chi connectivity index (χ0v) is 18.0. The Labute approximate surface area is 180 Å². The quantitative estimate of drug-likeness (QED) is 0.562. The summed E-state index contributed by atoms with van der Waals surface area (Å²) >= 11 is 0. The fourth-order valence-electron chi connectivity index (χ4n) is 4.36. The number of rotatable bonds is 3. The van der Waals surface area contributed by atoms with Crippen LogP contribution in [0.2, 0.25) is 0 Å². The third kappa shape index (κ3) is 3.62. The van der Waals surface area contributed by atoms with Crippen LogP contribution >= 0.6 is 0 Å². The summed E-state index contributed by atoms with van der Waals surface area (Å²) in [6, 6.07) is 7.14. The van der Waals surface area contributed by atoms with Gasteiger partial charge in [0.05, 0.1) is 0 Å². The number of urea groups is 1. The van der Waals surface area contributed by atoms with Crippen molar-refractivity contribution in [3.05, 3.63) is 41.6 Å². The zero-order chi connectivity index (χ0) is 22.3. The van der Waals surface area contributed by atoms with Crippen LogP contribution in [0.25, 0.3) is 17.0 Å². The van der Waals surface area contributed by atoms with Gasteiger partial charge in [0.25, 0.3) is 11.8 Å². The first-order chi connectivity index (χ1) is 14.8. The van der Waals surface area contributed by atoms with E-state index in [1.165, 1.54) is 20.2 Å². The number of para-hydroxylation sites is 1. The van der Waals surface area contributed by atoms with Crippen LogP contribution in [0.1, 0.15) is 31.7 Å². The third-order valence-corrected chi connectivity index (χ3v) is 6.19. The molecule has 3 heterocycles. The maximum absolute atomic E-state index is 13.0. The monoisotopic (exact) mass is 422 g/mol. The predicted octanol–water partition coefficient (Wildman–Crippen LogP) is 2.48. The fraction of sp³-hybridized carbons (Fsp3) is 0.391. The zero-order valence-electron chi connectivity index (χ0n) is 18.0. The molecule has 162 valence electrons. The summed E-state index contributed by atoms with van der Waals surface area (Å²) in [5.74, 6) is -1.21. The molecule has 1 aromatic carbocycles. The number of hydrogen-bond acceptors (Lipinski definition) is 4. The van der Waals surface area contributed by atoms with Gasteiger partial charge >= 0.3 is 6.03 Å². The Bertz CT molecular complexity index is 1090. The minimum Gasteiger partial charge on any atom is -0.338 e. The molecule has 0 bridgehead atoms. The van der Waals surface area contributed by atoms with E-state index in [1.807, 2.05) is 33.7 Å². The van der Waals surface area contributed by atoms with E-state index < -0.39 is 17.8 Å². The van der Waals surface area contributed by atoms with Gasteiger partial charge in [-0.25, -0.2) is 4.79 Å². The molecule has 1 aromatic heterocycles. The highest BCUT2D eigenvalue weighted by Gasteiger charge is 2.38. The Balaban J connectivity index is 1.71. The van der Waals surface area contributed by atoms with Gasteiger partial charge in [-0.15, -0.1) is 0 Å². The Morgan fingerprint density at radius 2 is 1.74 bits per heavy atom. The number of benzene rings is 1. The maximum Gasteiger partial charge on any atom is 0.333 e. The van der Waals surface area contributed by atoms with Crippen LogP contribution in [-0.4, -0.2) is 69.7 Å². The number of nitrogens with zero attached hydrogens (tertiary/aromatic N) is 4. The first-order valence-corrected chi connectivity index (χ1v) is 10.5. The van der Waals surface area contributed by atoms with E-state index in [0.717, 1.165) is 46.5 Å². The van der Waals surface area contributed by atoms with Gasteiger partial charge in [0.2, 0.25) is 5.91 Å². The lowest BCUT2D eigenvalue weighted by atomic mass is 10.0. The molecule has 0 radical (unpaired) electrons. The molecule has 2 aliphatic rings. The van der Waals surface area contributed by atoms with Crippen LogP contribution in [0.5, 0.6) is 0 Å². The molecule has 2 saturated heterocycles. The van der Waals surface area contributed by atoms with Gasteiger partial charge < -0.3 is 9.47 Å². The Kier molecular flexibility index (Phi) is 5.39. The molecule has 0 spiro atoms. The van der Waals surface area contributed by atoms with Crippen LogP contribution in [0.3, 0.4) is 0 Å². The molecule has 0 saturated carbocycles. The van der Waals surface area contributed by atoms with E-state index in [1.54, 1.807) is 6.20 Å². The van der Waals surface area contributed by atoms with Crippen molar-refractivity contribution in [2.45, 2.75) is 38.8 Å². The molecule has 4 rings (SSSR count). The summed E-state index contributed by atoms with van der Waals surface area (Å²) in [7, 11) is 2.70.